The minimum atomic E-state index is -1.22. The summed E-state index contributed by atoms with van der Waals surface area (Å²) < 4.78 is 42.7. The highest BCUT2D eigenvalue weighted by Crippen LogP contribution is 2.37. The molecule has 0 saturated carbocycles. The van der Waals surface area contributed by atoms with Gasteiger partial charge in [0.15, 0.2) is 17.4 Å². The summed E-state index contributed by atoms with van der Waals surface area (Å²) >= 11 is 6.43. The molecular formula is C25H33ClF2N4O3Si. The number of fused-ring (bicyclic) bond motifs is 1. The van der Waals surface area contributed by atoms with Gasteiger partial charge in [-0.1, -0.05) is 45.1 Å². The number of hydrogen-bond donors (Lipinski definition) is 2. The van der Waals surface area contributed by atoms with Gasteiger partial charge < -0.3 is 24.7 Å². The van der Waals surface area contributed by atoms with Crippen LogP contribution < -0.4 is 15.4 Å². The molecule has 1 aromatic carbocycles. The summed E-state index contributed by atoms with van der Waals surface area (Å²) in [6.45, 7) is 12.2. The molecule has 0 aliphatic heterocycles. The van der Waals surface area contributed by atoms with Gasteiger partial charge in [0, 0.05) is 51.4 Å². The summed E-state index contributed by atoms with van der Waals surface area (Å²) in [6, 6.07) is 3.96. The second kappa shape index (κ2) is 12.0. The maximum absolute atomic E-state index is 14.8. The minimum Gasteiger partial charge on any atom is -0.450 e. The van der Waals surface area contributed by atoms with E-state index in [9.17, 15) is 13.6 Å². The summed E-state index contributed by atoms with van der Waals surface area (Å²) in [5.41, 5.74) is 0.446. The molecule has 0 saturated heterocycles. The van der Waals surface area contributed by atoms with Crippen LogP contribution >= 0.6 is 11.6 Å². The van der Waals surface area contributed by atoms with Crippen molar-refractivity contribution >= 4 is 42.4 Å². The number of benzene rings is 1. The van der Waals surface area contributed by atoms with Gasteiger partial charge in [0.2, 0.25) is 0 Å². The number of nitrogens with zero attached hydrogens (tertiary/aromatic N) is 2. The fraction of sp³-hybridized carbons (Fsp3) is 0.440. The summed E-state index contributed by atoms with van der Waals surface area (Å²) in [4.78, 5) is 16.3. The molecule has 3 aromatic rings. The average molecular weight is 539 g/mol. The zero-order valence-corrected chi connectivity index (χ0v) is 23.0. The minimum absolute atomic E-state index is 0.0288. The van der Waals surface area contributed by atoms with E-state index >= 15 is 0 Å². The molecule has 0 aliphatic rings. The molecule has 2 amide bonds. The van der Waals surface area contributed by atoms with Gasteiger partial charge in [-0.15, -0.1) is 0 Å². The van der Waals surface area contributed by atoms with Gasteiger partial charge in [-0.3, -0.25) is 0 Å². The van der Waals surface area contributed by atoms with E-state index in [0.717, 1.165) is 24.6 Å². The van der Waals surface area contributed by atoms with Gasteiger partial charge in [0.05, 0.1) is 10.4 Å². The van der Waals surface area contributed by atoms with Gasteiger partial charge in [-0.25, -0.2) is 18.6 Å². The number of carbonyl (C=O) groups is 1. The Morgan fingerprint density at radius 2 is 1.92 bits per heavy atom. The highest BCUT2D eigenvalue weighted by atomic mass is 35.5. The van der Waals surface area contributed by atoms with E-state index < -0.39 is 31.5 Å². The number of amides is 2. The van der Waals surface area contributed by atoms with E-state index in [1.165, 1.54) is 12.3 Å². The topological polar surface area (TPSA) is 77.4 Å². The van der Waals surface area contributed by atoms with Crippen molar-refractivity contribution in [3.63, 3.8) is 0 Å². The molecule has 0 unspecified atom stereocenters. The molecule has 3 rings (SSSR count). The number of hydrogen-bond acceptors (Lipinski definition) is 4. The lowest BCUT2D eigenvalue weighted by Crippen LogP contribution is -2.30. The lowest BCUT2D eigenvalue weighted by molar-refractivity contribution is 0.0899. The standard InChI is InChI=1S/C25H33ClF2N4O3Si/c1-16(2)6-8-30-25(33)31-17-12-19(27)23(20(28)13-17)35-21-7-9-29-24-22(21)18(26)14-32(24)15-34-10-11-36(3,4)5/h7,9,12-14,16H,6,8,10-11,15H2,1-5H3,(H2,30,31,33). The normalized spacial score (nSPS) is 11.8. The van der Waals surface area contributed by atoms with Gasteiger partial charge in [-0.05, 0) is 24.4 Å². The number of rotatable bonds is 11. The number of nitrogens with one attached hydrogen (secondary N) is 2. The maximum Gasteiger partial charge on any atom is 0.319 e. The zero-order chi connectivity index (χ0) is 26.5. The molecule has 7 nitrogen and oxygen atoms in total. The zero-order valence-electron chi connectivity index (χ0n) is 21.3. The van der Waals surface area contributed by atoms with Gasteiger partial charge in [-0.2, -0.15) is 0 Å². The Kier molecular flexibility index (Phi) is 9.32. The third kappa shape index (κ3) is 7.65. The molecule has 2 heterocycles. The van der Waals surface area contributed by atoms with Crippen LogP contribution in [0.15, 0.2) is 30.6 Å². The Morgan fingerprint density at radius 3 is 2.56 bits per heavy atom. The molecule has 2 aromatic heterocycles. The Bertz CT molecular complexity index is 1190. The van der Waals surface area contributed by atoms with Crippen molar-refractivity contribution in [1.82, 2.24) is 14.9 Å². The van der Waals surface area contributed by atoms with Crippen LogP contribution in [-0.2, 0) is 11.5 Å². The Balaban J connectivity index is 1.74. The first-order chi connectivity index (χ1) is 16.9. The second-order valence-corrected chi connectivity index (χ2v) is 16.3. The molecule has 0 radical (unpaired) electrons. The number of urea groups is 1. The van der Waals surface area contributed by atoms with Crippen LogP contribution in [0.4, 0.5) is 19.3 Å². The predicted molar refractivity (Wildman–Crippen MR) is 142 cm³/mol. The molecule has 0 atom stereocenters. The summed E-state index contributed by atoms with van der Waals surface area (Å²) in [5, 5.41) is 5.82. The van der Waals surface area contributed by atoms with Crippen LogP contribution in [0, 0.1) is 17.6 Å². The first-order valence-electron chi connectivity index (χ1n) is 11.9. The lowest BCUT2D eigenvalue weighted by Gasteiger charge is -2.15. The molecule has 0 fully saturated rings. The van der Waals surface area contributed by atoms with Crippen molar-refractivity contribution in [2.24, 2.45) is 5.92 Å². The van der Waals surface area contributed by atoms with E-state index in [0.29, 0.717) is 35.1 Å². The number of aromatic nitrogens is 2. The smallest absolute Gasteiger partial charge is 0.319 e. The Morgan fingerprint density at radius 1 is 1.22 bits per heavy atom. The quantitative estimate of drug-likeness (QED) is 0.199. The van der Waals surface area contributed by atoms with Crippen LogP contribution in [-0.4, -0.2) is 36.8 Å². The van der Waals surface area contributed by atoms with Crippen LogP contribution in [0.3, 0.4) is 0 Å². The van der Waals surface area contributed by atoms with Gasteiger partial charge in [0.25, 0.3) is 0 Å². The molecule has 196 valence electrons. The number of carbonyl (C=O) groups excluding carboxylic acids is 1. The fourth-order valence-electron chi connectivity index (χ4n) is 3.35. The number of pyridine rings is 1. The fourth-order valence-corrected chi connectivity index (χ4v) is 4.40. The van der Waals surface area contributed by atoms with Crippen molar-refractivity contribution in [1.29, 1.82) is 0 Å². The van der Waals surface area contributed by atoms with E-state index in [1.54, 1.807) is 10.8 Å². The summed E-state index contributed by atoms with van der Waals surface area (Å²) in [7, 11) is -1.22. The predicted octanol–water partition coefficient (Wildman–Crippen LogP) is 7.24. The summed E-state index contributed by atoms with van der Waals surface area (Å²) in [5.74, 6) is -1.98. The van der Waals surface area contributed by atoms with Crippen molar-refractivity contribution in [3.8, 4) is 11.5 Å². The highest BCUT2D eigenvalue weighted by molar-refractivity contribution is 6.76. The van der Waals surface area contributed by atoms with Gasteiger partial charge in [0.1, 0.15) is 18.1 Å². The maximum atomic E-state index is 14.8. The van der Waals surface area contributed by atoms with E-state index in [1.807, 2.05) is 13.8 Å². The van der Waals surface area contributed by atoms with E-state index in [2.05, 4.69) is 35.3 Å². The van der Waals surface area contributed by atoms with Crippen LogP contribution in [0.25, 0.3) is 11.0 Å². The molecule has 36 heavy (non-hydrogen) atoms. The molecule has 0 aliphatic carbocycles. The number of halogens is 3. The van der Waals surface area contributed by atoms with E-state index in [-0.39, 0.29) is 18.2 Å². The number of anilines is 1. The van der Waals surface area contributed by atoms with Crippen LogP contribution in [0.5, 0.6) is 11.5 Å². The molecule has 0 bridgehead atoms. The SMILES string of the molecule is CC(C)CCNC(=O)Nc1cc(F)c(Oc2ccnc3c2c(Cl)cn3COCC[Si](C)(C)C)c(F)c1. The van der Waals surface area contributed by atoms with Crippen molar-refractivity contribution in [2.75, 3.05) is 18.5 Å². The third-order valence-corrected chi connectivity index (χ3v) is 7.37. The Hall–Kier alpha value is -2.69. The summed E-state index contributed by atoms with van der Waals surface area (Å²) in [6.07, 6.45) is 3.91. The third-order valence-electron chi connectivity index (χ3n) is 5.37. The second-order valence-electron chi connectivity index (χ2n) is 10.2. The molecule has 2 N–H and O–H groups in total. The first kappa shape index (κ1) is 27.9. The largest absolute Gasteiger partial charge is 0.450 e. The van der Waals surface area contributed by atoms with Crippen LogP contribution in [0.1, 0.15) is 20.3 Å². The average Bonchev–Trinajstić information content (AvgIpc) is 3.09. The van der Waals surface area contributed by atoms with Crippen LogP contribution in [0.2, 0.25) is 30.7 Å². The van der Waals surface area contributed by atoms with Crippen molar-refractivity contribution in [2.45, 2.75) is 52.7 Å². The lowest BCUT2D eigenvalue weighted by atomic mass is 10.1. The van der Waals surface area contributed by atoms with Crippen molar-refractivity contribution in [3.05, 3.63) is 47.2 Å². The number of ether oxygens (including phenoxy) is 2. The van der Waals surface area contributed by atoms with Gasteiger partial charge >= 0.3 is 6.03 Å². The Labute approximate surface area is 216 Å². The van der Waals surface area contributed by atoms with Crippen molar-refractivity contribution < 1.29 is 23.0 Å². The highest BCUT2D eigenvalue weighted by Gasteiger charge is 2.20. The molecular weight excluding hydrogens is 506 g/mol. The van der Waals surface area contributed by atoms with E-state index in [4.69, 9.17) is 21.1 Å². The monoisotopic (exact) mass is 538 g/mol. The molecule has 11 heteroatoms. The first-order valence-corrected chi connectivity index (χ1v) is 16.0. The molecule has 0 spiro atoms.